The molecule has 94 valence electrons. The fourth-order valence-electron chi connectivity index (χ4n) is 1.87. The van der Waals surface area contributed by atoms with E-state index in [9.17, 15) is 4.79 Å². The molecule has 0 heterocycles. The van der Waals surface area contributed by atoms with Crippen molar-refractivity contribution in [2.75, 3.05) is 0 Å². The molecule has 0 fully saturated rings. The zero-order valence-electron chi connectivity index (χ0n) is 10.5. The van der Waals surface area contributed by atoms with Crippen LogP contribution in [0.5, 0.6) is 0 Å². The van der Waals surface area contributed by atoms with E-state index < -0.39 is 0 Å². The molecule has 0 radical (unpaired) electrons. The number of amides is 1. The van der Waals surface area contributed by atoms with Gasteiger partial charge >= 0.3 is 0 Å². The van der Waals surface area contributed by atoms with Crippen LogP contribution in [0, 0.1) is 3.57 Å². The van der Waals surface area contributed by atoms with Gasteiger partial charge < -0.3 is 4.90 Å². The Morgan fingerprint density at radius 1 is 1.24 bits per heavy atom. The molecule has 4 heteroatoms. The molecule has 1 rings (SSSR count). The zero-order valence-corrected chi connectivity index (χ0v) is 13.4. The third-order valence-corrected chi connectivity index (χ3v) is 3.68. The summed E-state index contributed by atoms with van der Waals surface area (Å²) < 4.78 is 0.934. The largest absolute Gasteiger partial charge is 0.334 e. The van der Waals surface area contributed by atoms with Crippen molar-refractivity contribution in [1.29, 1.82) is 0 Å². The van der Waals surface area contributed by atoms with Crippen molar-refractivity contribution in [3.63, 3.8) is 0 Å². The number of halogens is 2. The first-order valence-corrected chi connectivity index (χ1v) is 7.08. The lowest BCUT2D eigenvalue weighted by molar-refractivity contribution is 0.0642. The van der Waals surface area contributed by atoms with E-state index in [-0.39, 0.29) is 18.0 Å². The van der Waals surface area contributed by atoms with Crippen LogP contribution in [-0.4, -0.2) is 22.9 Å². The Bertz CT molecular complexity index is 410. The van der Waals surface area contributed by atoms with Crippen LogP contribution >= 0.6 is 34.2 Å². The average Bonchev–Trinajstić information content (AvgIpc) is 2.20. The monoisotopic (exact) mass is 365 g/mol. The van der Waals surface area contributed by atoms with Crippen LogP contribution in [0.25, 0.3) is 0 Å². The van der Waals surface area contributed by atoms with Gasteiger partial charge in [-0.3, -0.25) is 4.79 Å². The smallest absolute Gasteiger partial charge is 0.255 e. The molecule has 0 saturated carbocycles. The van der Waals surface area contributed by atoms with E-state index in [1.54, 1.807) is 12.1 Å². The molecule has 17 heavy (non-hydrogen) atoms. The summed E-state index contributed by atoms with van der Waals surface area (Å²) in [6.45, 7) is 8.09. The van der Waals surface area contributed by atoms with E-state index in [1.807, 2.05) is 38.7 Å². The summed E-state index contributed by atoms with van der Waals surface area (Å²) in [7, 11) is 0. The summed E-state index contributed by atoms with van der Waals surface area (Å²) >= 11 is 8.12. The molecule has 0 N–H and O–H groups in total. The second kappa shape index (κ2) is 6.05. The van der Waals surface area contributed by atoms with Crippen molar-refractivity contribution >= 4 is 40.1 Å². The van der Waals surface area contributed by atoms with Crippen molar-refractivity contribution in [3.8, 4) is 0 Å². The molecule has 0 spiro atoms. The molecule has 0 saturated heterocycles. The van der Waals surface area contributed by atoms with Crippen molar-refractivity contribution < 1.29 is 4.79 Å². The number of carbonyl (C=O) groups is 1. The van der Waals surface area contributed by atoms with Crippen LogP contribution in [0.3, 0.4) is 0 Å². The first-order valence-electron chi connectivity index (χ1n) is 5.62. The fourth-order valence-corrected chi connectivity index (χ4v) is 2.60. The Morgan fingerprint density at radius 3 is 2.24 bits per heavy atom. The van der Waals surface area contributed by atoms with Gasteiger partial charge in [-0.1, -0.05) is 11.6 Å². The SMILES string of the molecule is CC(C)N(C(=O)c1cc(Cl)ccc1I)C(C)C. The Morgan fingerprint density at radius 2 is 1.76 bits per heavy atom. The van der Waals surface area contributed by atoms with Crippen LogP contribution < -0.4 is 0 Å². The summed E-state index contributed by atoms with van der Waals surface area (Å²) in [5.41, 5.74) is 0.681. The Balaban J connectivity index is 3.14. The lowest BCUT2D eigenvalue weighted by Gasteiger charge is -2.31. The van der Waals surface area contributed by atoms with Crippen molar-refractivity contribution in [1.82, 2.24) is 4.90 Å². The lowest BCUT2D eigenvalue weighted by atomic mass is 10.1. The second-order valence-corrected chi connectivity index (χ2v) is 6.12. The van der Waals surface area contributed by atoms with E-state index in [0.29, 0.717) is 10.6 Å². The molecule has 0 aliphatic rings. The molecule has 0 atom stereocenters. The van der Waals surface area contributed by atoms with Crippen LogP contribution in [0.15, 0.2) is 18.2 Å². The average molecular weight is 366 g/mol. The summed E-state index contributed by atoms with van der Waals surface area (Å²) in [4.78, 5) is 14.3. The highest BCUT2D eigenvalue weighted by atomic mass is 127. The second-order valence-electron chi connectivity index (χ2n) is 4.52. The van der Waals surface area contributed by atoms with Gasteiger partial charge in [0.2, 0.25) is 0 Å². The van der Waals surface area contributed by atoms with Gasteiger partial charge in [-0.2, -0.15) is 0 Å². The zero-order chi connectivity index (χ0) is 13.2. The van der Waals surface area contributed by atoms with E-state index in [2.05, 4.69) is 22.6 Å². The van der Waals surface area contributed by atoms with Crippen LogP contribution in [-0.2, 0) is 0 Å². The molecule has 0 aliphatic heterocycles. The minimum absolute atomic E-state index is 0.0434. The number of nitrogens with zero attached hydrogens (tertiary/aromatic N) is 1. The summed E-state index contributed by atoms with van der Waals surface area (Å²) in [6, 6.07) is 5.77. The molecule has 0 bridgehead atoms. The van der Waals surface area contributed by atoms with Gasteiger partial charge in [0, 0.05) is 20.7 Å². The highest BCUT2D eigenvalue weighted by Crippen LogP contribution is 2.21. The van der Waals surface area contributed by atoms with Crippen LogP contribution in [0.1, 0.15) is 38.1 Å². The summed E-state index contributed by atoms with van der Waals surface area (Å²) in [5, 5.41) is 0.598. The Labute approximate surface area is 121 Å². The maximum Gasteiger partial charge on any atom is 0.255 e. The minimum Gasteiger partial charge on any atom is -0.334 e. The number of hydrogen-bond acceptors (Lipinski definition) is 1. The van der Waals surface area contributed by atoms with Gasteiger partial charge in [-0.15, -0.1) is 0 Å². The Kier molecular flexibility index (Phi) is 5.25. The predicted molar refractivity (Wildman–Crippen MR) is 80.6 cm³/mol. The number of benzene rings is 1. The normalized spacial score (nSPS) is 11.1. The Hall–Kier alpha value is -0.290. The van der Waals surface area contributed by atoms with Crippen molar-refractivity contribution in [2.45, 2.75) is 39.8 Å². The maximum atomic E-state index is 12.5. The van der Waals surface area contributed by atoms with Gasteiger partial charge in [-0.05, 0) is 68.5 Å². The molecule has 2 nitrogen and oxygen atoms in total. The summed E-state index contributed by atoms with van der Waals surface area (Å²) in [6.07, 6.45) is 0. The van der Waals surface area contributed by atoms with Gasteiger partial charge in [0.1, 0.15) is 0 Å². The summed E-state index contributed by atoms with van der Waals surface area (Å²) in [5.74, 6) is 0.0434. The van der Waals surface area contributed by atoms with Gasteiger partial charge in [0.05, 0.1) is 5.56 Å². The van der Waals surface area contributed by atoms with E-state index in [1.165, 1.54) is 0 Å². The van der Waals surface area contributed by atoms with Gasteiger partial charge in [0.25, 0.3) is 5.91 Å². The predicted octanol–water partition coefficient (Wildman–Crippen LogP) is 4.20. The first kappa shape index (κ1) is 14.8. The van der Waals surface area contributed by atoms with Crippen LogP contribution in [0.4, 0.5) is 0 Å². The number of hydrogen-bond donors (Lipinski definition) is 0. The maximum absolute atomic E-state index is 12.5. The van der Waals surface area contributed by atoms with Gasteiger partial charge in [0.15, 0.2) is 0 Å². The number of carbonyl (C=O) groups excluding carboxylic acids is 1. The molecular formula is C13H17ClINO. The highest BCUT2D eigenvalue weighted by molar-refractivity contribution is 14.1. The van der Waals surface area contributed by atoms with Crippen molar-refractivity contribution in [3.05, 3.63) is 32.4 Å². The topological polar surface area (TPSA) is 20.3 Å². The third kappa shape index (κ3) is 3.58. The minimum atomic E-state index is 0.0434. The third-order valence-electron chi connectivity index (χ3n) is 2.51. The number of rotatable bonds is 3. The molecule has 1 amide bonds. The molecule has 1 aromatic carbocycles. The molecule has 0 aliphatic carbocycles. The lowest BCUT2D eigenvalue weighted by Crippen LogP contribution is -2.42. The molecule has 0 aromatic heterocycles. The van der Waals surface area contributed by atoms with Crippen molar-refractivity contribution in [2.24, 2.45) is 0 Å². The highest BCUT2D eigenvalue weighted by Gasteiger charge is 2.23. The molecule has 0 unspecified atom stereocenters. The molecule has 1 aromatic rings. The molecular weight excluding hydrogens is 349 g/mol. The first-order chi connectivity index (χ1) is 7.84. The van der Waals surface area contributed by atoms with E-state index in [4.69, 9.17) is 11.6 Å². The fraction of sp³-hybridized carbons (Fsp3) is 0.462. The standard InChI is InChI=1S/C13H17ClINO/c1-8(2)16(9(3)4)13(17)11-7-10(14)5-6-12(11)15/h5-9H,1-4H3. The van der Waals surface area contributed by atoms with E-state index >= 15 is 0 Å². The quantitative estimate of drug-likeness (QED) is 0.735. The van der Waals surface area contributed by atoms with Gasteiger partial charge in [-0.25, -0.2) is 0 Å². The van der Waals surface area contributed by atoms with Crippen LogP contribution in [0.2, 0.25) is 5.02 Å². The van der Waals surface area contributed by atoms with E-state index in [0.717, 1.165) is 3.57 Å².